The highest BCUT2D eigenvalue weighted by molar-refractivity contribution is 5.81. The molecule has 0 amide bonds. The smallest absolute Gasteiger partial charge is 0.120 e. The van der Waals surface area contributed by atoms with Gasteiger partial charge < -0.3 is 9.30 Å². The molecule has 3 rings (SSSR count). The predicted octanol–water partition coefficient (Wildman–Crippen LogP) is 4.40. The summed E-state index contributed by atoms with van der Waals surface area (Å²) in [5.41, 5.74) is 3.94. The Bertz CT molecular complexity index is 727. The molecule has 0 saturated carbocycles. The number of rotatable bonds is 4. The van der Waals surface area contributed by atoms with Gasteiger partial charge in [-0.25, -0.2) is 0 Å². The molecule has 0 fully saturated rings. The standard InChI is InChI=1S/C18H19NO/c1-3-20-17-8-9-18-15(12-17)10-11-19(18)13-16-7-5-4-6-14(16)2/h4-12H,3,13H2,1-2H3. The van der Waals surface area contributed by atoms with E-state index in [9.17, 15) is 0 Å². The molecule has 0 aliphatic rings. The van der Waals surface area contributed by atoms with Crippen molar-refractivity contribution < 1.29 is 4.74 Å². The number of hydrogen-bond acceptors (Lipinski definition) is 1. The minimum Gasteiger partial charge on any atom is -0.494 e. The Balaban J connectivity index is 1.95. The lowest BCUT2D eigenvalue weighted by molar-refractivity contribution is 0.340. The van der Waals surface area contributed by atoms with E-state index in [1.54, 1.807) is 0 Å². The summed E-state index contributed by atoms with van der Waals surface area (Å²) in [6.07, 6.45) is 2.15. The minimum atomic E-state index is 0.704. The SMILES string of the molecule is CCOc1ccc2c(ccn2Cc2ccccc2C)c1. The predicted molar refractivity (Wildman–Crippen MR) is 83.4 cm³/mol. The summed E-state index contributed by atoms with van der Waals surface area (Å²) < 4.78 is 7.84. The van der Waals surface area contributed by atoms with E-state index in [0.29, 0.717) is 6.61 Å². The molecular weight excluding hydrogens is 246 g/mol. The zero-order valence-corrected chi connectivity index (χ0v) is 12.0. The van der Waals surface area contributed by atoms with Gasteiger partial charge in [-0.3, -0.25) is 0 Å². The highest BCUT2D eigenvalue weighted by atomic mass is 16.5. The molecular formula is C18H19NO. The molecule has 2 nitrogen and oxygen atoms in total. The molecule has 0 aliphatic carbocycles. The third kappa shape index (κ3) is 2.42. The van der Waals surface area contributed by atoms with Crippen molar-refractivity contribution in [3.05, 3.63) is 65.9 Å². The molecule has 1 heterocycles. The molecule has 0 aliphatic heterocycles. The van der Waals surface area contributed by atoms with Crippen LogP contribution in [0, 0.1) is 6.92 Å². The second-order valence-corrected chi connectivity index (χ2v) is 5.02. The van der Waals surface area contributed by atoms with E-state index in [4.69, 9.17) is 4.74 Å². The molecule has 0 radical (unpaired) electrons. The number of benzene rings is 2. The van der Waals surface area contributed by atoms with Crippen LogP contribution in [0.25, 0.3) is 10.9 Å². The van der Waals surface area contributed by atoms with Gasteiger partial charge in [0.25, 0.3) is 0 Å². The fourth-order valence-corrected chi connectivity index (χ4v) is 2.54. The maximum Gasteiger partial charge on any atom is 0.120 e. The number of ether oxygens (including phenoxy) is 1. The normalized spacial score (nSPS) is 10.9. The second kappa shape index (κ2) is 5.41. The van der Waals surface area contributed by atoms with E-state index in [2.05, 4.69) is 60.2 Å². The van der Waals surface area contributed by atoms with Gasteiger partial charge >= 0.3 is 0 Å². The molecule has 3 aromatic rings. The molecule has 0 N–H and O–H groups in total. The van der Waals surface area contributed by atoms with E-state index in [0.717, 1.165) is 12.3 Å². The third-order valence-electron chi connectivity index (χ3n) is 3.66. The summed E-state index contributed by atoms with van der Waals surface area (Å²) >= 11 is 0. The van der Waals surface area contributed by atoms with Crippen LogP contribution in [0.5, 0.6) is 5.75 Å². The Hall–Kier alpha value is -2.22. The van der Waals surface area contributed by atoms with Crippen LogP contribution >= 0.6 is 0 Å². The van der Waals surface area contributed by atoms with Gasteiger partial charge in [-0.2, -0.15) is 0 Å². The highest BCUT2D eigenvalue weighted by Crippen LogP contribution is 2.23. The number of nitrogens with zero attached hydrogens (tertiary/aromatic N) is 1. The van der Waals surface area contributed by atoms with Crippen LogP contribution in [0.15, 0.2) is 54.7 Å². The van der Waals surface area contributed by atoms with Gasteiger partial charge in [0.15, 0.2) is 0 Å². The molecule has 1 aromatic heterocycles. The maximum atomic E-state index is 5.55. The fourth-order valence-electron chi connectivity index (χ4n) is 2.54. The molecule has 2 heteroatoms. The first-order valence-corrected chi connectivity index (χ1v) is 7.04. The summed E-state index contributed by atoms with van der Waals surface area (Å²) in [5, 5.41) is 1.23. The monoisotopic (exact) mass is 265 g/mol. The fraction of sp³-hybridized carbons (Fsp3) is 0.222. The van der Waals surface area contributed by atoms with Gasteiger partial charge in [0.1, 0.15) is 5.75 Å². The molecule has 102 valence electrons. The van der Waals surface area contributed by atoms with Crippen molar-refractivity contribution in [1.82, 2.24) is 4.57 Å². The summed E-state index contributed by atoms with van der Waals surface area (Å²) in [5.74, 6) is 0.939. The van der Waals surface area contributed by atoms with Crippen molar-refractivity contribution >= 4 is 10.9 Å². The Labute approximate surface area is 119 Å². The average Bonchev–Trinajstić information content (AvgIpc) is 2.84. The van der Waals surface area contributed by atoms with Crippen molar-refractivity contribution in [2.75, 3.05) is 6.61 Å². The first-order chi connectivity index (χ1) is 9.78. The molecule has 0 atom stereocenters. The van der Waals surface area contributed by atoms with Gasteiger partial charge in [-0.1, -0.05) is 24.3 Å². The van der Waals surface area contributed by atoms with Crippen LogP contribution < -0.4 is 4.74 Å². The van der Waals surface area contributed by atoms with Gasteiger partial charge in [-0.15, -0.1) is 0 Å². The zero-order chi connectivity index (χ0) is 13.9. The number of aryl methyl sites for hydroxylation is 1. The topological polar surface area (TPSA) is 14.2 Å². The van der Waals surface area contributed by atoms with Crippen LogP contribution in [0.3, 0.4) is 0 Å². The molecule has 0 spiro atoms. The summed E-state index contributed by atoms with van der Waals surface area (Å²) in [4.78, 5) is 0. The van der Waals surface area contributed by atoms with Crippen LogP contribution in [0.1, 0.15) is 18.1 Å². The number of fused-ring (bicyclic) bond motifs is 1. The minimum absolute atomic E-state index is 0.704. The molecule has 0 unspecified atom stereocenters. The summed E-state index contributed by atoms with van der Waals surface area (Å²) in [6, 6.07) is 17.0. The van der Waals surface area contributed by atoms with Crippen molar-refractivity contribution in [2.45, 2.75) is 20.4 Å². The van der Waals surface area contributed by atoms with Crippen molar-refractivity contribution in [3.63, 3.8) is 0 Å². The second-order valence-electron chi connectivity index (χ2n) is 5.02. The molecule has 2 aromatic carbocycles. The maximum absolute atomic E-state index is 5.55. The van der Waals surface area contributed by atoms with Crippen molar-refractivity contribution in [2.24, 2.45) is 0 Å². The Kier molecular flexibility index (Phi) is 3.46. The number of aromatic nitrogens is 1. The molecule has 0 bridgehead atoms. The third-order valence-corrected chi connectivity index (χ3v) is 3.66. The van der Waals surface area contributed by atoms with Crippen LogP contribution in [-0.4, -0.2) is 11.2 Å². The Morgan fingerprint density at radius 2 is 1.90 bits per heavy atom. The van der Waals surface area contributed by atoms with Gasteiger partial charge in [0, 0.05) is 23.6 Å². The van der Waals surface area contributed by atoms with Gasteiger partial charge in [0.2, 0.25) is 0 Å². The van der Waals surface area contributed by atoms with Crippen LogP contribution in [0.2, 0.25) is 0 Å². The lowest BCUT2D eigenvalue weighted by Gasteiger charge is -2.09. The van der Waals surface area contributed by atoms with Crippen LogP contribution in [-0.2, 0) is 6.54 Å². The Morgan fingerprint density at radius 3 is 2.70 bits per heavy atom. The average molecular weight is 265 g/mol. The first-order valence-electron chi connectivity index (χ1n) is 7.04. The summed E-state index contributed by atoms with van der Waals surface area (Å²) in [6.45, 7) is 5.78. The summed E-state index contributed by atoms with van der Waals surface area (Å²) in [7, 11) is 0. The first kappa shape index (κ1) is 12.8. The van der Waals surface area contributed by atoms with Gasteiger partial charge in [0.05, 0.1) is 6.61 Å². The lowest BCUT2D eigenvalue weighted by Crippen LogP contribution is -1.99. The largest absolute Gasteiger partial charge is 0.494 e. The van der Waals surface area contributed by atoms with E-state index >= 15 is 0 Å². The van der Waals surface area contributed by atoms with E-state index < -0.39 is 0 Å². The Morgan fingerprint density at radius 1 is 1.05 bits per heavy atom. The van der Waals surface area contributed by atoms with Crippen molar-refractivity contribution in [3.8, 4) is 5.75 Å². The van der Waals surface area contributed by atoms with E-state index in [-0.39, 0.29) is 0 Å². The lowest BCUT2D eigenvalue weighted by atomic mass is 10.1. The van der Waals surface area contributed by atoms with Gasteiger partial charge in [-0.05, 0) is 49.2 Å². The molecule has 20 heavy (non-hydrogen) atoms. The van der Waals surface area contributed by atoms with Crippen molar-refractivity contribution in [1.29, 1.82) is 0 Å². The van der Waals surface area contributed by atoms with E-state index in [1.807, 2.05) is 13.0 Å². The molecule has 0 saturated heterocycles. The highest BCUT2D eigenvalue weighted by Gasteiger charge is 2.04. The number of hydrogen-bond donors (Lipinski definition) is 0. The van der Waals surface area contributed by atoms with E-state index in [1.165, 1.54) is 22.0 Å². The van der Waals surface area contributed by atoms with Crippen LogP contribution in [0.4, 0.5) is 0 Å². The zero-order valence-electron chi connectivity index (χ0n) is 12.0. The quantitative estimate of drug-likeness (QED) is 0.682.